The Balaban J connectivity index is 2.35. The van der Waals surface area contributed by atoms with Crippen LogP contribution in [0.2, 0.25) is 0 Å². The van der Waals surface area contributed by atoms with Gasteiger partial charge in [-0.2, -0.15) is 0 Å². The van der Waals surface area contributed by atoms with Crippen molar-refractivity contribution in [2.24, 2.45) is 5.92 Å². The van der Waals surface area contributed by atoms with Crippen molar-refractivity contribution in [2.75, 3.05) is 13.2 Å². The van der Waals surface area contributed by atoms with E-state index in [1.54, 1.807) is 32.0 Å². The monoisotopic (exact) mass is 336 g/mol. The summed E-state index contributed by atoms with van der Waals surface area (Å²) in [7, 11) is 0. The molecular weight excluding hydrogens is 316 g/mol. The first-order chi connectivity index (χ1) is 11.5. The van der Waals surface area contributed by atoms with E-state index in [0.717, 1.165) is 0 Å². The maximum Gasteiger partial charge on any atom is 0.323 e. The van der Waals surface area contributed by atoms with Gasteiger partial charge in [-0.15, -0.1) is 0 Å². The fraction of sp³-hybridized carbons (Fsp3) is 0.500. The Morgan fingerprint density at radius 3 is 2.46 bits per heavy atom. The topological polar surface area (TPSA) is 108 Å². The fourth-order valence-corrected chi connectivity index (χ4v) is 2.90. The van der Waals surface area contributed by atoms with Gasteiger partial charge in [0.15, 0.2) is 0 Å². The quantitative estimate of drug-likeness (QED) is 0.479. The second-order valence-electron chi connectivity index (χ2n) is 5.36. The van der Waals surface area contributed by atoms with Crippen LogP contribution in [-0.4, -0.2) is 36.1 Å². The molecule has 1 aromatic carbocycles. The van der Waals surface area contributed by atoms with Crippen molar-refractivity contribution in [2.45, 2.75) is 32.4 Å². The molecule has 0 spiro atoms. The maximum atomic E-state index is 12.3. The number of nitro benzene ring substituents is 1. The van der Waals surface area contributed by atoms with Gasteiger partial charge in [-0.25, -0.2) is 0 Å². The van der Waals surface area contributed by atoms with Crippen LogP contribution in [0.25, 0.3) is 0 Å². The van der Waals surface area contributed by atoms with Gasteiger partial charge in [0.1, 0.15) is 6.04 Å². The zero-order valence-corrected chi connectivity index (χ0v) is 13.6. The molecule has 0 aromatic heterocycles. The summed E-state index contributed by atoms with van der Waals surface area (Å²) in [5, 5.41) is 14.3. The molecule has 1 saturated heterocycles. The van der Waals surface area contributed by atoms with Gasteiger partial charge in [0.2, 0.25) is 0 Å². The number of nitrogens with one attached hydrogen (secondary N) is 1. The maximum absolute atomic E-state index is 12.3. The van der Waals surface area contributed by atoms with Crippen molar-refractivity contribution in [3.63, 3.8) is 0 Å². The van der Waals surface area contributed by atoms with Gasteiger partial charge in [0.05, 0.1) is 30.1 Å². The summed E-state index contributed by atoms with van der Waals surface area (Å²) >= 11 is 0. The highest BCUT2D eigenvalue weighted by Gasteiger charge is 2.45. The van der Waals surface area contributed by atoms with Gasteiger partial charge >= 0.3 is 11.9 Å². The summed E-state index contributed by atoms with van der Waals surface area (Å²) in [4.78, 5) is 35.0. The molecule has 3 atom stereocenters. The van der Waals surface area contributed by atoms with Crippen LogP contribution >= 0.6 is 0 Å². The molecule has 24 heavy (non-hydrogen) atoms. The molecule has 1 N–H and O–H groups in total. The van der Waals surface area contributed by atoms with Crippen molar-refractivity contribution in [1.82, 2.24) is 5.32 Å². The van der Waals surface area contributed by atoms with Gasteiger partial charge in [-0.3, -0.25) is 25.0 Å². The zero-order valence-electron chi connectivity index (χ0n) is 13.6. The van der Waals surface area contributed by atoms with E-state index in [-0.39, 0.29) is 25.3 Å². The summed E-state index contributed by atoms with van der Waals surface area (Å²) < 4.78 is 10.1. The summed E-state index contributed by atoms with van der Waals surface area (Å²) in [5.41, 5.74) is 0.251. The lowest BCUT2D eigenvalue weighted by atomic mass is 9.92. The molecule has 2 rings (SSSR count). The smallest absolute Gasteiger partial charge is 0.323 e. The van der Waals surface area contributed by atoms with E-state index in [1.165, 1.54) is 6.07 Å². The van der Waals surface area contributed by atoms with Gasteiger partial charge in [0, 0.05) is 11.6 Å². The van der Waals surface area contributed by atoms with Gasteiger partial charge in [-0.05, 0) is 20.3 Å². The number of carbonyl (C=O) groups excluding carboxylic acids is 2. The van der Waals surface area contributed by atoms with Crippen molar-refractivity contribution < 1.29 is 24.0 Å². The molecular formula is C16H20N2O6. The molecule has 0 saturated carbocycles. The fourth-order valence-electron chi connectivity index (χ4n) is 2.90. The summed E-state index contributed by atoms with van der Waals surface area (Å²) in [5.74, 6) is -1.66. The molecule has 0 amide bonds. The van der Waals surface area contributed by atoms with Crippen LogP contribution in [0, 0.1) is 16.0 Å². The van der Waals surface area contributed by atoms with Crippen molar-refractivity contribution in [3.8, 4) is 0 Å². The van der Waals surface area contributed by atoms with E-state index >= 15 is 0 Å². The van der Waals surface area contributed by atoms with Crippen LogP contribution in [0.5, 0.6) is 0 Å². The first-order valence-corrected chi connectivity index (χ1v) is 7.82. The van der Waals surface area contributed by atoms with E-state index in [0.29, 0.717) is 5.56 Å². The number of benzene rings is 1. The third-order valence-electron chi connectivity index (χ3n) is 3.90. The second-order valence-corrected chi connectivity index (χ2v) is 5.36. The number of para-hydroxylation sites is 1. The van der Waals surface area contributed by atoms with Crippen LogP contribution in [0.1, 0.15) is 31.9 Å². The Labute approximate surface area is 139 Å². The number of nitrogens with zero attached hydrogens (tertiary/aromatic N) is 1. The zero-order chi connectivity index (χ0) is 17.7. The van der Waals surface area contributed by atoms with Crippen LogP contribution in [0.3, 0.4) is 0 Å². The Kier molecular flexibility index (Phi) is 5.86. The molecule has 0 bridgehead atoms. The summed E-state index contributed by atoms with van der Waals surface area (Å²) in [6, 6.07) is 4.78. The third-order valence-corrected chi connectivity index (χ3v) is 3.90. The molecule has 8 nitrogen and oxygen atoms in total. The van der Waals surface area contributed by atoms with E-state index in [2.05, 4.69) is 5.32 Å². The van der Waals surface area contributed by atoms with Crippen LogP contribution in [-0.2, 0) is 19.1 Å². The standard InChI is InChI=1S/C16H20N2O6/c1-3-23-15(19)11-9-12(16(20)24-4-2)17-14(11)10-7-5-6-8-13(10)18(21)22/h5-8,11-12,14,17H,3-4,9H2,1-2H3/t11-,12-,14-/m1/s1. The number of nitro groups is 1. The summed E-state index contributed by atoms with van der Waals surface area (Å²) in [6.45, 7) is 3.79. The van der Waals surface area contributed by atoms with Gasteiger partial charge < -0.3 is 9.47 Å². The highest BCUT2D eigenvalue weighted by Crippen LogP contribution is 2.38. The molecule has 0 radical (unpaired) electrons. The predicted molar refractivity (Wildman–Crippen MR) is 84.1 cm³/mol. The third kappa shape index (κ3) is 3.70. The molecule has 1 aliphatic rings. The van der Waals surface area contributed by atoms with Crippen LogP contribution in [0.4, 0.5) is 5.69 Å². The lowest BCUT2D eigenvalue weighted by Gasteiger charge is -2.18. The number of hydrogen-bond donors (Lipinski definition) is 1. The van der Waals surface area contributed by atoms with E-state index in [9.17, 15) is 19.7 Å². The Morgan fingerprint density at radius 1 is 1.21 bits per heavy atom. The Hall–Kier alpha value is -2.48. The van der Waals surface area contributed by atoms with Crippen LogP contribution < -0.4 is 5.32 Å². The molecule has 130 valence electrons. The molecule has 8 heteroatoms. The minimum atomic E-state index is -0.704. The largest absolute Gasteiger partial charge is 0.466 e. The van der Waals surface area contributed by atoms with Crippen molar-refractivity contribution in [1.29, 1.82) is 0 Å². The molecule has 1 heterocycles. The number of rotatable bonds is 6. The SMILES string of the molecule is CCOC(=O)[C@H]1C[C@@H](C(=O)OCC)[C@@H](c2ccccc2[N+](=O)[O-])N1. The molecule has 1 fully saturated rings. The lowest BCUT2D eigenvalue weighted by Crippen LogP contribution is -2.34. The minimum absolute atomic E-state index is 0.103. The number of carbonyl (C=O) groups is 2. The number of hydrogen-bond acceptors (Lipinski definition) is 7. The average Bonchev–Trinajstić information content (AvgIpc) is 3.00. The first-order valence-electron chi connectivity index (χ1n) is 7.82. The number of ether oxygens (including phenoxy) is 2. The second kappa shape index (κ2) is 7.87. The van der Waals surface area contributed by atoms with Gasteiger partial charge in [-0.1, -0.05) is 18.2 Å². The lowest BCUT2D eigenvalue weighted by molar-refractivity contribution is -0.385. The van der Waals surface area contributed by atoms with E-state index < -0.39 is 34.9 Å². The number of esters is 2. The average molecular weight is 336 g/mol. The van der Waals surface area contributed by atoms with Crippen molar-refractivity contribution in [3.05, 3.63) is 39.9 Å². The van der Waals surface area contributed by atoms with Crippen LogP contribution in [0.15, 0.2) is 24.3 Å². The van der Waals surface area contributed by atoms with Gasteiger partial charge in [0.25, 0.3) is 5.69 Å². The van der Waals surface area contributed by atoms with Crippen molar-refractivity contribution >= 4 is 17.6 Å². The first kappa shape index (κ1) is 17.9. The molecule has 0 aliphatic carbocycles. The predicted octanol–water partition coefficient (Wildman–Crippen LogP) is 1.74. The van der Waals surface area contributed by atoms with E-state index in [4.69, 9.17) is 9.47 Å². The molecule has 0 unspecified atom stereocenters. The highest BCUT2D eigenvalue weighted by atomic mass is 16.6. The minimum Gasteiger partial charge on any atom is -0.466 e. The molecule has 1 aromatic rings. The highest BCUT2D eigenvalue weighted by molar-refractivity contribution is 5.81. The summed E-state index contributed by atoms with van der Waals surface area (Å²) in [6.07, 6.45) is 0.175. The molecule has 1 aliphatic heterocycles. The normalized spacial score (nSPS) is 22.8. The van der Waals surface area contributed by atoms with E-state index in [1.807, 2.05) is 0 Å². The Bertz CT molecular complexity index is 633. The Morgan fingerprint density at radius 2 is 1.83 bits per heavy atom.